The third-order valence-corrected chi connectivity index (χ3v) is 6.25. The molecule has 2 aliphatic rings. The molecule has 3 atom stereocenters. The van der Waals surface area contributed by atoms with Crippen molar-refractivity contribution in [3.05, 3.63) is 42.7 Å². The maximum Gasteiger partial charge on any atom is 0.240 e. The summed E-state index contributed by atoms with van der Waals surface area (Å²) < 4.78 is 41.2. The smallest absolute Gasteiger partial charge is 0.240 e. The Labute approximate surface area is 147 Å². The van der Waals surface area contributed by atoms with E-state index in [0.29, 0.717) is 19.6 Å². The van der Waals surface area contributed by atoms with Crippen LogP contribution in [0, 0.1) is 0 Å². The van der Waals surface area contributed by atoms with Crippen molar-refractivity contribution in [2.45, 2.75) is 42.4 Å². The van der Waals surface area contributed by atoms with Gasteiger partial charge in [0, 0.05) is 18.4 Å². The van der Waals surface area contributed by atoms with E-state index in [1.54, 1.807) is 35.1 Å². The molecule has 0 amide bonds. The van der Waals surface area contributed by atoms with Crippen LogP contribution in [0.4, 0.5) is 0 Å². The highest BCUT2D eigenvalue weighted by molar-refractivity contribution is 7.89. The molecule has 7 nitrogen and oxygen atoms in total. The molecule has 1 aliphatic carbocycles. The lowest BCUT2D eigenvalue weighted by Gasteiger charge is -2.38. The average molecular weight is 363 g/mol. The molecule has 25 heavy (non-hydrogen) atoms. The van der Waals surface area contributed by atoms with Crippen LogP contribution in [-0.2, 0) is 19.5 Å². The third-order valence-electron chi connectivity index (χ3n) is 4.72. The zero-order valence-corrected chi connectivity index (χ0v) is 14.6. The van der Waals surface area contributed by atoms with E-state index < -0.39 is 10.0 Å². The number of nitrogens with zero attached hydrogens (tertiary/aromatic N) is 2. The van der Waals surface area contributed by atoms with Crippen molar-refractivity contribution < 1.29 is 17.9 Å². The first-order valence-corrected chi connectivity index (χ1v) is 9.96. The largest absolute Gasteiger partial charge is 0.373 e. The molecule has 1 aromatic carbocycles. The van der Waals surface area contributed by atoms with Gasteiger partial charge in [-0.2, -0.15) is 5.10 Å². The zero-order chi connectivity index (χ0) is 17.3. The number of fused-ring (bicyclic) bond motifs is 1. The van der Waals surface area contributed by atoms with Crippen molar-refractivity contribution >= 4 is 10.0 Å². The second kappa shape index (κ2) is 6.87. The van der Waals surface area contributed by atoms with Gasteiger partial charge in [0.25, 0.3) is 0 Å². The molecule has 1 N–H and O–H groups in total. The minimum absolute atomic E-state index is 0.0163. The molecule has 2 heterocycles. The summed E-state index contributed by atoms with van der Waals surface area (Å²) >= 11 is 0. The molecule has 0 unspecified atom stereocenters. The fraction of sp³-hybridized carbons (Fsp3) is 0.471. The highest BCUT2D eigenvalue weighted by Crippen LogP contribution is 2.27. The summed E-state index contributed by atoms with van der Waals surface area (Å²) in [6.07, 6.45) is 5.80. The van der Waals surface area contributed by atoms with Crippen molar-refractivity contribution in [3.63, 3.8) is 0 Å². The lowest BCUT2D eigenvalue weighted by molar-refractivity contribution is -0.156. The Balaban J connectivity index is 1.44. The van der Waals surface area contributed by atoms with Gasteiger partial charge < -0.3 is 9.47 Å². The zero-order valence-electron chi connectivity index (χ0n) is 13.7. The number of aromatic nitrogens is 2. The van der Waals surface area contributed by atoms with Gasteiger partial charge in [-0.05, 0) is 49.6 Å². The number of sulfonamides is 1. The van der Waals surface area contributed by atoms with Crippen molar-refractivity contribution in [2.75, 3.05) is 13.2 Å². The molecule has 1 aromatic heterocycles. The number of benzene rings is 1. The van der Waals surface area contributed by atoms with Gasteiger partial charge >= 0.3 is 0 Å². The summed E-state index contributed by atoms with van der Waals surface area (Å²) in [5.41, 5.74) is 0.817. The van der Waals surface area contributed by atoms with E-state index in [2.05, 4.69) is 9.82 Å². The van der Waals surface area contributed by atoms with E-state index in [0.717, 1.165) is 18.5 Å². The quantitative estimate of drug-likeness (QED) is 0.890. The first-order valence-electron chi connectivity index (χ1n) is 8.47. The minimum atomic E-state index is -3.56. The maximum absolute atomic E-state index is 12.7. The van der Waals surface area contributed by atoms with E-state index >= 15 is 0 Å². The van der Waals surface area contributed by atoms with Crippen LogP contribution in [0.2, 0.25) is 0 Å². The van der Waals surface area contributed by atoms with Gasteiger partial charge in [0.15, 0.2) is 0 Å². The monoisotopic (exact) mass is 363 g/mol. The van der Waals surface area contributed by atoms with E-state index in [4.69, 9.17) is 9.47 Å². The van der Waals surface area contributed by atoms with E-state index in [1.807, 2.05) is 12.3 Å². The highest BCUT2D eigenvalue weighted by atomic mass is 32.2. The number of ether oxygens (including phenoxy) is 2. The lowest BCUT2D eigenvalue weighted by Crippen LogP contribution is -2.49. The minimum Gasteiger partial charge on any atom is -0.373 e. The van der Waals surface area contributed by atoms with Crippen LogP contribution < -0.4 is 4.72 Å². The summed E-state index contributed by atoms with van der Waals surface area (Å²) in [6, 6.07) is 8.39. The standard InChI is InChI=1S/C17H21N3O4S/c21-25(22,15-5-3-14(4-6-15)20-9-1-8-18-20)19-13-2-7-16-17(12-13)24-11-10-23-16/h1,3-6,8-9,13,16-17,19H,2,7,10-12H2/t13-,16+,17-/m1/s1. The molecule has 1 saturated heterocycles. The SMILES string of the molecule is O=S(=O)(N[C@@H]1CC[C@@H]2OCCO[C@@H]2C1)c1ccc(-n2cccn2)cc1. The first kappa shape index (κ1) is 16.7. The van der Waals surface area contributed by atoms with E-state index in [1.165, 1.54) is 0 Å². The molecule has 4 rings (SSSR count). The van der Waals surface area contributed by atoms with Gasteiger partial charge in [-0.15, -0.1) is 0 Å². The Morgan fingerprint density at radius 1 is 1.08 bits per heavy atom. The number of rotatable bonds is 4. The van der Waals surface area contributed by atoms with Crippen LogP contribution in [0.3, 0.4) is 0 Å². The molecule has 2 aromatic rings. The van der Waals surface area contributed by atoms with Gasteiger partial charge in [0.2, 0.25) is 10.0 Å². The normalized spacial score (nSPS) is 27.0. The van der Waals surface area contributed by atoms with Crippen LogP contribution in [-0.4, -0.2) is 49.7 Å². The molecule has 1 saturated carbocycles. The number of hydrogen-bond donors (Lipinski definition) is 1. The first-order chi connectivity index (χ1) is 12.1. The molecular formula is C17H21N3O4S. The van der Waals surface area contributed by atoms with Crippen molar-refractivity contribution in [1.82, 2.24) is 14.5 Å². The van der Waals surface area contributed by atoms with Crippen molar-refractivity contribution in [3.8, 4) is 5.69 Å². The highest BCUT2D eigenvalue weighted by Gasteiger charge is 2.35. The predicted octanol–water partition coefficient (Wildman–Crippen LogP) is 1.49. The van der Waals surface area contributed by atoms with Crippen LogP contribution in [0.1, 0.15) is 19.3 Å². The van der Waals surface area contributed by atoms with E-state index in [-0.39, 0.29) is 23.1 Å². The second-order valence-corrected chi connectivity index (χ2v) is 8.11. The van der Waals surface area contributed by atoms with Crippen molar-refractivity contribution in [2.24, 2.45) is 0 Å². The Morgan fingerprint density at radius 3 is 2.56 bits per heavy atom. The lowest BCUT2D eigenvalue weighted by atomic mass is 9.90. The second-order valence-electron chi connectivity index (χ2n) is 6.39. The van der Waals surface area contributed by atoms with Crippen LogP contribution >= 0.6 is 0 Å². The number of hydrogen-bond acceptors (Lipinski definition) is 5. The average Bonchev–Trinajstić information content (AvgIpc) is 3.16. The summed E-state index contributed by atoms with van der Waals surface area (Å²) in [5.74, 6) is 0. The Morgan fingerprint density at radius 2 is 1.84 bits per heavy atom. The molecule has 0 spiro atoms. The van der Waals surface area contributed by atoms with Gasteiger partial charge in [-0.3, -0.25) is 0 Å². The Kier molecular flexibility index (Phi) is 4.60. The van der Waals surface area contributed by atoms with Crippen LogP contribution in [0.5, 0.6) is 0 Å². The Hall–Kier alpha value is -1.74. The molecule has 1 aliphatic heterocycles. The summed E-state index contributed by atoms with van der Waals surface area (Å²) in [4.78, 5) is 0.256. The summed E-state index contributed by atoms with van der Waals surface area (Å²) in [7, 11) is -3.56. The fourth-order valence-corrected chi connectivity index (χ4v) is 4.74. The molecule has 8 heteroatoms. The van der Waals surface area contributed by atoms with E-state index in [9.17, 15) is 8.42 Å². The van der Waals surface area contributed by atoms with Gasteiger partial charge in [-0.25, -0.2) is 17.8 Å². The summed E-state index contributed by atoms with van der Waals surface area (Å²) in [5, 5.41) is 4.14. The molecule has 134 valence electrons. The number of nitrogens with one attached hydrogen (secondary N) is 1. The maximum atomic E-state index is 12.7. The fourth-order valence-electron chi connectivity index (χ4n) is 3.46. The van der Waals surface area contributed by atoms with Gasteiger partial charge in [0.05, 0.1) is 36.0 Å². The molecule has 0 bridgehead atoms. The van der Waals surface area contributed by atoms with Gasteiger partial charge in [0.1, 0.15) is 0 Å². The van der Waals surface area contributed by atoms with Crippen molar-refractivity contribution in [1.29, 1.82) is 0 Å². The van der Waals surface area contributed by atoms with Crippen LogP contribution in [0.25, 0.3) is 5.69 Å². The predicted molar refractivity (Wildman–Crippen MR) is 91.0 cm³/mol. The van der Waals surface area contributed by atoms with Gasteiger partial charge in [-0.1, -0.05) is 0 Å². The molecule has 0 radical (unpaired) electrons. The third kappa shape index (κ3) is 3.62. The Bertz CT molecular complexity index is 805. The topological polar surface area (TPSA) is 82.5 Å². The molecule has 2 fully saturated rings. The molecular weight excluding hydrogens is 342 g/mol. The summed E-state index contributed by atoms with van der Waals surface area (Å²) in [6.45, 7) is 1.20. The van der Waals surface area contributed by atoms with Crippen LogP contribution in [0.15, 0.2) is 47.6 Å².